The van der Waals surface area contributed by atoms with E-state index in [0.29, 0.717) is 32.1 Å². The number of aryl methyl sites for hydroxylation is 1. The van der Waals surface area contributed by atoms with E-state index < -0.39 is 22.8 Å². The van der Waals surface area contributed by atoms with Gasteiger partial charge in [-0.3, -0.25) is 0 Å². The maximum Gasteiger partial charge on any atom is 0.417 e. The van der Waals surface area contributed by atoms with Crippen LogP contribution in [0.5, 0.6) is 0 Å². The summed E-state index contributed by atoms with van der Waals surface area (Å²) in [6.45, 7) is 7.53. The second kappa shape index (κ2) is 9.83. The molecule has 4 rings (SSSR count). The molecule has 0 aliphatic carbocycles. The van der Waals surface area contributed by atoms with Crippen molar-refractivity contribution in [3.8, 4) is 0 Å². The molecule has 2 fully saturated rings. The van der Waals surface area contributed by atoms with E-state index >= 15 is 0 Å². The molecule has 2 aromatic rings. The van der Waals surface area contributed by atoms with Gasteiger partial charge >= 0.3 is 12.2 Å². The molecular weight excluding hydrogens is 471 g/mol. The lowest BCUT2D eigenvalue weighted by Gasteiger charge is -2.36. The standard InChI is InChI=1S/C22H27ClF3N7O/c1-15-13-19(31-7-5-30(2)6-8-31)29-20(27-15)32-9-11-33(12-10-32)21(34)28-16-3-4-18(23)17(14-16)22(24,25)26/h3-4,13-14H,5-12H2,1-2H3,(H,28,34). The molecule has 2 aliphatic rings. The molecule has 184 valence electrons. The third-order valence-corrected chi connectivity index (χ3v) is 6.36. The smallest absolute Gasteiger partial charge is 0.354 e. The number of halogens is 4. The van der Waals surface area contributed by atoms with Gasteiger partial charge < -0.3 is 24.9 Å². The molecule has 1 aromatic heterocycles. The summed E-state index contributed by atoms with van der Waals surface area (Å²) in [4.78, 5) is 30.1. The Kier molecular flexibility index (Phi) is 7.04. The molecule has 1 N–H and O–H groups in total. The lowest BCUT2D eigenvalue weighted by atomic mass is 10.2. The Morgan fingerprint density at radius 1 is 0.971 bits per heavy atom. The van der Waals surface area contributed by atoms with Crippen LogP contribution in [0.4, 0.5) is 35.4 Å². The number of nitrogens with one attached hydrogen (secondary N) is 1. The zero-order valence-electron chi connectivity index (χ0n) is 19.1. The number of urea groups is 1. The van der Waals surface area contributed by atoms with Crippen LogP contribution < -0.4 is 15.1 Å². The number of carbonyl (C=O) groups is 1. The van der Waals surface area contributed by atoms with Crippen molar-refractivity contribution in [1.29, 1.82) is 0 Å². The number of anilines is 3. The number of piperazine rings is 2. The Balaban J connectivity index is 1.38. The molecular formula is C22H27ClF3N7O. The minimum atomic E-state index is -4.60. The minimum absolute atomic E-state index is 0.0444. The third-order valence-electron chi connectivity index (χ3n) is 6.03. The van der Waals surface area contributed by atoms with E-state index in [1.54, 1.807) is 4.90 Å². The normalized spacial score (nSPS) is 17.8. The van der Waals surface area contributed by atoms with Crippen LogP contribution in [-0.2, 0) is 6.18 Å². The van der Waals surface area contributed by atoms with Gasteiger partial charge in [0.25, 0.3) is 0 Å². The second-order valence-corrected chi connectivity index (χ2v) is 8.96. The molecule has 2 aliphatic heterocycles. The fraction of sp³-hybridized carbons (Fsp3) is 0.500. The van der Waals surface area contributed by atoms with Crippen molar-refractivity contribution >= 4 is 35.1 Å². The molecule has 1 aromatic carbocycles. The molecule has 0 spiro atoms. The number of aromatic nitrogens is 2. The van der Waals surface area contributed by atoms with E-state index in [1.807, 2.05) is 17.9 Å². The van der Waals surface area contributed by atoms with Crippen molar-refractivity contribution in [2.24, 2.45) is 0 Å². The van der Waals surface area contributed by atoms with Crippen LogP contribution in [-0.4, -0.2) is 85.2 Å². The number of amides is 2. The van der Waals surface area contributed by atoms with Crippen molar-refractivity contribution in [2.45, 2.75) is 13.1 Å². The Hall–Kier alpha value is -2.79. The van der Waals surface area contributed by atoms with Crippen molar-refractivity contribution < 1.29 is 18.0 Å². The summed E-state index contributed by atoms with van der Waals surface area (Å²) in [5, 5.41) is 2.13. The molecule has 3 heterocycles. The summed E-state index contributed by atoms with van der Waals surface area (Å²) in [5.74, 6) is 1.53. The molecule has 0 unspecified atom stereocenters. The molecule has 0 bridgehead atoms. The second-order valence-electron chi connectivity index (χ2n) is 8.55. The summed E-state index contributed by atoms with van der Waals surface area (Å²) in [5.41, 5.74) is -0.0603. The van der Waals surface area contributed by atoms with Gasteiger partial charge in [-0.1, -0.05) is 11.6 Å². The number of rotatable bonds is 3. The molecule has 2 saturated heterocycles. The van der Waals surface area contributed by atoms with E-state index in [1.165, 1.54) is 6.07 Å². The van der Waals surface area contributed by atoms with Crippen LogP contribution >= 0.6 is 11.6 Å². The number of benzene rings is 1. The number of hydrogen-bond acceptors (Lipinski definition) is 6. The molecule has 0 atom stereocenters. The lowest BCUT2D eigenvalue weighted by molar-refractivity contribution is -0.137. The molecule has 8 nitrogen and oxygen atoms in total. The number of carbonyl (C=O) groups excluding carboxylic acids is 1. The third kappa shape index (κ3) is 5.64. The highest BCUT2D eigenvalue weighted by Crippen LogP contribution is 2.36. The predicted octanol–water partition coefficient (Wildman–Crippen LogP) is 3.56. The molecule has 34 heavy (non-hydrogen) atoms. The van der Waals surface area contributed by atoms with Gasteiger partial charge in [-0.2, -0.15) is 18.2 Å². The van der Waals surface area contributed by atoms with Gasteiger partial charge in [-0.25, -0.2) is 9.78 Å². The first kappa shape index (κ1) is 24.3. The molecule has 2 amide bonds. The fourth-order valence-corrected chi connectivity index (χ4v) is 4.23. The van der Waals surface area contributed by atoms with Crippen LogP contribution in [0, 0.1) is 6.92 Å². The van der Waals surface area contributed by atoms with E-state index in [4.69, 9.17) is 16.6 Å². The van der Waals surface area contributed by atoms with Gasteiger partial charge in [0.2, 0.25) is 5.95 Å². The predicted molar refractivity (Wildman–Crippen MR) is 126 cm³/mol. The van der Waals surface area contributed by atoms with Crippen LogP contribution in [0.1, 0.15) is 11.3 Å². The van der Waals surface area contributed by atoms with Gasteiger partial charge in [0, 0.05) is 69.8 Å². The average Bonchev–Trinajstić information content (AvgIpc) is 2.80. The SMILES string of the molecule is Cc1cc(N2CCN(C)CC2)nc(N2CCN(C(=O)Nc3ccc(Cl)c(C(F)(F)F)c3)CC2)n1. The first-order valence-electron chi connectivity index (χ1n) is 11.1. The first-order valence-corrected chi connectivity index (χ1v) is 11.4. The van der Waals surface area contributed by atoms with Gasteiger partial charge in [0.1, 0.15) is 5.82 Å². The van der Waals surface area contributed by atoms with E-state index in [-0.39, 0.29) is 5.69 Å². The van der Waals surface area contributed by atoms with Crippen LogP contribution in [0.3, 0.4) is 0 Å². The Morgan fingerprint density at radius 3 is 2.26 bits per heavy atom. The van der Waals surface area contributed by atoms with Gasteiger partial charge in [0.05, 0.1) is 10.6 Å². The Bertz CT molecular complexity index is 1040. The van der Waals surface area contributed by atoms with Crippen LogP contribution in [0.15, 0.2) is 24.3 Å². The van der Waals surface area contributed by atoms with Crippen molar-refractivity contribution in [1.82, 2.24) is 19.8 Å². The van der Waals surface area contributed by atoms with Crippen LogP contribution in [0.2, 0.25) is 5.02 Å². The summed E-state index contributed by atoms with van der Waals surface area (Å²) < 4.78 is 39.3. The highest BCUT2D eigenvalue weighted by atomic mass is 35.5. The van der Waals surface area contributed by atoms with E-state index in [9.17, 15) is 18.0 Å². The lowest BCUT2D eigenvalue weighted by Crippen LogP contribution is -2.50. The molecule has 0 radical (unpaired) electrons. The maximum atomic E-state index is 13.1. The number of nitrogens with zero attached hydrogens (tertiary/aromatic N) is 6. The van der Waals surface area contributed by atoms with Crippen molar-refractivity contribution in [2.75, 3.05) is 74.5 Å². The summed E-state index contributed by atoms with van der Waals surface area (Å²) in [7, 11) is 2.10. The molecule has 0 saturated carbocycles. The van der Waals surface area contributed by atoms with Gasteiger partial charge in [-0.15, -0.1) is 0 Å². The molecule has 12 heteroatoms. The summed E-state index contributed by atoms with van der Waals surface area (Å²) in [6, 6.07) is 4.85. The van der Waals surface area contributed by atoms with Crippen molar-refractivity contribution in [3.05, 3.63) is 40.5 Å². The fourth-order valence-electron chi connectivity index (χ4n) is 4.01. The quantitative estimate of drug-likeness (QED) is 0.699. The van der Waals surface area contributed by atoms with E-state index in [2.05, 4.69) is 27.1 Å². The largest absolute Gasteiger partial charge is 0.417 e. The summed E-state index contributed by atoms with van der Waals surface area (Å²) in [6.07, 6.45) is -4.60. The Morgan fingerprint density at radius 2 is 1.62 bits per heavy atom. The van der Waals surface area contributed by atoms with Gasteiger partial charge in [-0.05, 0) is 32.2 Å². The zero-order chi connectivity index (χ0) is 24.5. The summed E-state index contributed by atoms with van der Waals surface area (Å²) >= 11 is 5.65. The van der Waals surface area contributed by atoms with Crippen molar-refractivity contribution in [3.63, 3.8) is 0 Å². The number of hydrogen-bond donors (Lipinski definition) is 1. The monoisotopic (exact) mass is 497 g/mol. The topological polar surface area (TPSA) is 67.8 Å². The maximum absolute atomic E-state index is 13.1. The highest BCUT2D eigenvalue weighted by molar-refractivity contribution is 6.31. The Labute approximate surface area is 201 Å². The number of likely N-dealkylation sites (N-methyl/N-ethyl adjacent to an activating group) is 1. The first-order chi connectivity index (χ1) is 16.1. The van der Waals surface area contributed by atoms with Crippen LogP contribution in [0.25, 0.3) is 0 Å². The minimum Gasteiger partial charge on any atom is -0.354 e. The zero-order valence-corrected chi connectivity index (χ0v) is 19.8. The highest BCUT2D eigenvalue weighted by Gasteiger charge is 2.33. The average molecular weight is 498 g/mol. The van der Waals surface area contributed by atoms with E-state index in [0.717, 1.165) is 49.8 Å². The number of alkyl halides is 3. The van der Waals surface area contributed by atoms with Gasteiger partial charge in [0.15, 0.2) is 0 Å².